The second kappa shape index (κ2) is 46.5. The van der Waals surface area contributed by atoms with E-state index in [1.165, 1.54) is 0 Å². The summed E-state index contributed by atoms with van der Waals surface area (Å²) in [7, 11) is 0. The van der Waals surface area contributed by atoms with E-state index < -0.39 is 143 Å². The average molecular weight is 1410 g/mol. The average Bonchev–Trinajstić information content (AvgIpc) is 1.60. The molecule has 0 radical (unpaired) electrons. The van der Waals surface area contributed by atoms with Crippen molar-refractivity contribution in [3.8, 4) is 0 Å². The van der Waals surface area contributed by atoms with Crippen LogP contribution in [0.3, 0.4) is 0 Å². The van der Waals surface area contributed by atoms with Gasteiger partial charge in [0.05, 0.1) is 6.04 Å². The number of carbonyl (C=O) groups excluding carboxylic acids is 11. The van der Waals surface area contributed by atoms with Crippen LogP contribution in [0.25, 0.3) is 10.9 Å². The number of primary amides is 1. The Morgan fingerprint density at radius 3 is 1.16 bits per heavy atom. The zero-order valence-corrected chi connectivity index (χ0v) is 61.5. The molecule has 0 bridgehead atoms. The van der Waals surface area contributed by atoms with Crippen molar-refractivity contribution in [2.45, 2.75) is 251 Å². The lowest BCUT2D eigenvalue weighted by molar-refractivity contribution is -0.137. The Balaban J connectivity index is 1.95. The summed E-state index contributed by atoms with van der Waals surface area (Å²) in [5.41, 5.74) is 38.0. The third-order valence-corrected chi connectivity index (χ3v) is 17.8. The lowest BCUT2D eigenvalue weighted by atomic mass is 9.95. The largest absolute Gasteiger partial charge is 0.368 e. The number of nitrogens with one attached hydrogen (secondary N) is 11. The van der Waals surface area contributed by atoms with E-state index in [-0.39, 0.29) is 88.6 Å². The van der Waals surface area contributed by atoms with Crippen molar-refractivity contribution < 1.29 is 52.7 Å². The summed E-state index contributed by atoms with van der Waals surface area (Å²) in [4.78, 5) is 160. The van der Waals surface area contributed by atoms with E-state index in [1.54, 1.807) is 57.3 Å². The highest BCUT2D eigenvalue weighted by molar-refractivity contribution is 5.99. The Bertz CT molecular complexity index is 3070. The van der Waals surface area contributed by atoms with Gasteiger partial charge >= 0.3 is 0 Å². The Hall–Kier alpha value is -8.05. The van der Waals surface area contributed by atoms with Crippen LogP contribution >= 0.6 is 0 Å². The fourth-order valence-electron chi connectivity index (χ4n) is 11.8. The van der Waals surface area contributed by atoms with Gasteiger partial charge in [-0.3, -0.25) is 52.7 Å². The molecule has 0 saturated carbocycles. The summed E-state index contributed by atoms with van der Waals surface area (Å²) in [6.45, 7) is 19.4. The molecule has 0 unspecified atom stereocenters. The molecular weight excluding hydrogens is 1290 g/mol. The van der Waals surface area contributed by atoms with Gasteiger partial charge < -0.3 is 92.6 Å². The topological polar surface area (TPSA) is 480 Å². The van der Waals surface area contributed by atoms with Crippen LogP contribution in [0, 0.1) is 29.6 Å². The van der Waals surface area contributed by atoms with Gasteiger partial charge in [0.15, 0.2) is 0 Å². The highest BCUT2D eigenvalue weighted by Gasteiger charge is 2.38. The van der Waals surface area contributed by atoms with Gasteiger partial charge in [-0.2, -0.15) is 0 Å². The quantitative estimate of drug-likeness (QED) is 0.0359. The number of H-pyrrole nitrogens is 1. The van der Waals surface area contributed by atoms with Crippen molar-refractivity contribution in [3.05, 3.63) is 71.9 Å². The fourth-order valence-corrected chi connectivity index (χ4v) is 11.8. The van der Waals surface area contributed by atoms with Crippen LogP contribution in [0.2, 0.25) is 0 Å². The molecule has 28 nitrogen and oxygen atoms in total. The van der Waals surface area contributed by atoms with Crippen LogP contribution in [0.15, 0.2) is 60.8 Å². The number of hydrogen-bond donors (Lipinski definition) is 17. The molecule has 101 heavy (non-hydrogen) atoms. The number of amides is 11. The highest BCUT2D eigenvalue weighted by atomic mass is 16.2. The number of carbonyl (C=O) groups is 11. The second-order valence-electron chi connectivity index (χ2n) is 28.4. The molecule has 3 rings (SSSR count). The van der Waals surface area contributed by atoms with Crippen LogP contribution in [0.4, 0.5) is 0 Å². The molecule has 0 saturated heterocycles. The summed E-state index contributed by atoms with van der Waals surface area (Å²) in [6, 6.07) is 3.50. The molecule has 1 heterocycles. The maximum atomic E-state index is 14.9. The van der Waals surface area contributed by atoms with E-state index >= 15 is 0 Å². The van der Waals surface area contributed by atoms with Crippen LogP contribution in [-0.4, -0.2) is 163 Å². The molecule has 11 amide bonds. The minimum absolute atomic E-state index is 0.0166. The van der Waals surface area contributed by atoms with Gasteiger partial charge in [-0.1, -0.05) is 124 Å². The molecule has 2 aromatic carbocycles. The van der Waals surface area contributed by atoms with E-state index in [1.807, 2.05) is 72.7 Å². The molecule has 28 heteroatoms. The van der Waals surface area contributed by atoms with Gasteiger partial charge in [-0.25, -0.2) is 0 Å². The first-order valence-corrected chi connectivity index (χ1v) is 36.5. The standard InChI is InChI=1S/C73H123N17O11/c1-11-47(10)62(73(101)88-59(39-45(6)7)69(97)84-55(31-19-23-35-76)67(95)89-61(46(8)9)72(100)85-57(63(79)91)37-43(2)3)90-68(96)56(32-20-24-36-77)82-65(93)54(30-18-22-34-75)83-71(99)60(40-48-25-13-12-14-26-48)87-70(98)58(38-44(4)5)86-66(94)53(29-17-21-33-74)81-64(92)51(78)41-49-42-80-52-28-16-15-27-50(49)52/h12-16,25-28,42-47,51,53-62,80H,11,17-24,29-41,74-78H2,1-10H3,(H2,79,91)(H,81,92)(H,82,93)(H,83,99)(H,84,97)(H,85,100)(H,86,94)(H,87,98)(H,88,101)(H,89,95)(H,90,96)/t47-,51-,53-,54-,55-,56-,57-,58-,59-,60-,61-,62-/m0/s1. The summed E-state index contributed by atoms with van der Waals surface area (Å²) in [5, 5.41) is 29.1. The smallest absolute Gasteiger partial charge is 0.243 e. The zero-order chi connectivity index (χ0) is 75.3. The van der Waals surface area contributed by atoms with Crippen LogP contribution in [0.5, 0.6) is 0 Å². The van der Waals surface area contributed by atoms with Crippen LogP contribution in [0.1, 0.15) is 183 Å². The first-order valence-electron chi connectivity index (χ1n) is 36.5. The number of benzene rings is 2. The third-order valence-electron chi connectivity index (χ3n) is 17.8. The number of aromatic amines is 1. The van der Waals surface area contributed by atoms with Gasteiger partial charge in [0.25, 0.3) is 0 Å². The van der Waals surface area contributed by atoms with Crippen LogP contribution in [-0.2, 0) is 65.6 Å². The Morgan fingerprint density at radius 1 is 0.386 bits per heavy atom. The Morgan fingerprint density at radius 2 is 0.733 bits per heavy atom. The lowest BCUT2D eigenvalue weighted by Crippen LogP contribution is -2.62. The minimum Gasteiger partial charge on any atom is -0.368 e. The van der Waals surface area contributed by atoms with Crippen molar-refractivity contribution in [1.29, 1.82) is 0 Å². The van der Waals surface area contributed by atoms with E-state index in [4.69, 9.17) is 34.4 Å². The molecule has 0 fully saturated rings. The number of nitrogens with two attached hydrogens (primary N) is 6. The molecule has 12 atom stereocenters. The lowest BCUT2D eigenvalue weighted by Gasteiger charge is -2.30. The summed E-state index contributed by atoms with van der Waals surface area (Å²) < 4.78 is 0. The monoisotopic (exact) mass is 1410 g/mol. The minimum atomic E-state index is -1.32. The first-order chi connectivity index (χ1) is 48.0. The summed E-state index contributed by atoms with van der Waals surface area (Å²) in [6.07, 6.45) is 6.87. The normalized spacial score (nSPS) is 15.1. The molecule has 23 N–H and O–H groups in total. The number of rotatable bonds is 50. The number of hydrogen-bond acceptors (Lipinski definition) is 16. The maximum absolute atomic E-state index is 14.9. The van der Waals surface area contributed by atoms with E-state index in [9.17, 15) is 52.7 Å². The van der Waals surface area contributed by atoms with Gasteiger partial charge in [0, 0.05) is 23.5 Å². The predicted octanol–water partition coefficient (Wildman–Crippen LogP) is 1.97. The van der Waals surface area contributed by atoms with Crippen molar-refractivity contribution >= 4 is 75.9 Å². The van der Waals surface area contributed by atoms with Crippen molar-refractivity contribution in [2.24, 2.45) is 64.0 Å². The molecule has 3 aromatic rings. The molecule has 0 aliphatic rings. The highest BCUT2D eigenvalue weighted by Crippen LogP contribution is 2.21. The van der Waals surface area contributed by atoms with Crippen molar-refractivity contribution in [2.75, 3.05) is 26.2 Å². The molecule has 0 aliphatic carbocycles. The third kappa shape index (κ3) is 31.4. The number of aromatic nitrogens is 1. The molecular formula is C73H123N17O11. The number of para-hydroxylation sites is 1. The van der Waals surface area contributed by atoms with Gasteiger partial charge in [0.2, 0.25) is 65.0 Å². The summed E-state index contributed by atoms with van der Waals surface area (Å²) >= 11 is 0. The molecule has 0 aliphatic heterocycles. The van der Waals surface area contributed by atoms with Crippen LogP contribution < -0.4 is 87.6 Å². The maximum Gasteiger partial charge on any atom is 0.243 e. The van der Waals surface area contributed by atoms with E-state index in [0.717, 1.165) is 16.5 Å². The summed E-state index contributed by atoms with van der Waals surface area (Å²) in [5.74, 6) is -8.88. The van der Waals surface area contributed by atoms with E-state index in [2.05, 4.69) is 58.2 Å². The molecule has 0 spiro atoms. The van der Waals surface area contributed by atoms with Gasteiger partial charge in [-0.15, -0.1) is 0 Å². The van der Waals surface area contributed by atoms with Crippen molar-refractivity contribution in [3.63, 3.8) is 0 Å². The Kier molecular flexibility index (Phi) is 40.1. The van der Waals surface area contributed by atoms with E-state index in [0.29, 0.717) is 76.4 Å². The number of unbranched alkanes of at least 4 members (excludes halogenated alkanes) is 4. The van der Waals surface area contributed by atoms with Gasteiger partial charge in [0.1, 0.15) is 60.4 Å². The Labute approximate surface area is 597 Å². The zero-order valence-electron chi connectivity index (χ0n) is 61.5. The SMILES string of the molecule is CC[C@H](C)[C@H](NC(=O)[C@H](CCCCN)NC(=O)[C@H](CCCCN)NC(=O)[C@H](Cc1ccccc1)NC(=O)[C@H](CC(C)C)NC(=O)[C@H](CCCCN)NC(=O)[C@@H](N)Cc1c[nH]c2ccccc12)C(=O)N[C@@H](CC(C)C)C(=O)N[C@@H](CCCCN)C(=O)N[C@H](C(=O)N[C@@H](CC(C)C)C(N)=O)C(C)C. The fraction of sp³-hybridized carbons (Fsp3) is 0.658. The molecule has 566 valence electrons. The van der Waals surface area contributed by atoms with Crippen molar-refractivity contribution in [1.82, 2.24) is 58.2 Å². The predicted molar refractivity (Wildman–Crippen MR) is 393 cm³/mol. The number of fused-ring (bicyclic) bond motifs is 1. The van der Waals surface area contributed by atoms with Gasteiger partial charge in [-0.05, 0) is 176 Å². The second-order valence-corrected chi connectivity index (χ2v) is 28.4. The molecule has 1 aromatic heterocycles. The first kappa shape index (κ1) is 87.2.